The van der Waals surface area contributed by atoms with Gasteiger partial charge in [0.1, 0.15) is 5.69 Å². The van der Waals surface area contributed by atoms with Crippen molar-refractivity contribution in [1.29, 1.82) is 0 Å². The summed E-state index contributed by atoms with van der Waals surface area (Å²) < 4.78 is 0. The second-order valence-corrected chi connectivity index (χ2v) is 6.88. The molecule has 1 amide bonds. The van der Waals surface area contributed by atoms with Crippen LogP contribution in [0, 0.1) is 6.92 Å². The summed E-state index contributed by atoms with van der Waals surface area (Å²) in [5.74, 6) is 0.182. The van der Waals surface area contributed by atoms with Crippen LogP contribution in [-0.2, 0) is 0 Å². The Kier molecular flexibility index (Phi) is 6.23. The Labute approximate surface area is 158 Å². The number of rotatable bonds is 6. The molecule has 1 aromatic heterocycles. The maximum atomic E-state index is 12.4. The third kappa shape index (κ3) is 5.05. The maximum Gasteiger partial charge on any atom is 0.274 e. The van der Waals surface area contributed by atoms with Crippen LogP contribution in [0.4, 0.5) is 11.6 Å². The van der Waals surface area contributed by atoms with Gasteiger partial charge >= 0.3 is 0 Å². The number of anilines is 2. The molecule has 2 aromatic rings. The maximum absolute atomic E-state index is 12.4. The molecule has 0 atom stereocenters. The third-order valence-electron chi connectivity index (χ3n) is 4.43. The van der Waals surface area contributed by atoms with Crippen molar-refractivity contribution in [3.05, 3.63) is 58.4 Å². The number of hydrogen-bond acceptors (Lipinski definition) is 4. The van der Waals surface area contributed by atoms with E-state index in [9.17, 15) is 4.79 Å². The number of benzene rings is 1. The lowest BCUT2D eigenvalue weighted by atomic mass is 9.97. The van der Waals surface area contributed by atoms with E-state index in [1.165, 1.54) is 31.3 Å². The summed E-state index contributed by atoms with van der Waals surface area (Å²) in [5, 5.41) is 6.63. The molecule has 0 aliphatic heterocycles. The Balaban J connectivity index is 1.58. The first-order valence-corrected chi connectivity index (χ1v) is 9.32. The van der Waals surface area contributed by atoms with E-state index in [1.54, 1.807) is 18.3 Å². The number of aryl methyl sites for hydroxylation is 1. The minimum atomic E-state index is -0.287. The van der Waals surface area contributed by atoms with Crippen LogP contribution in [0.2, 0.25) is 5.02 Å². The van der Waals surface area contributed by atoms with Gasteiger partial charge in [0.2, 0.25) is 5.95 Å². The minimum absolute atomic E-state index is 0.287. The van der Waals surface area contributed by atoms with Crippen molar-refractivity contribution in [2.45, 2.75) is 39.0 Å². The zero-order valence-corrected chi connectivity index (χ0v) is 15.6. The van der Waals surface area contributed by atoms with E-state index >= 15 is 0 Å². The summed E-state index contributed by atoms with van der Waals surface area (Å²) in [6.45, 7) is 2.68. The summed E-state index contributed by atoms with van der Waals surface area (Å²) in [6.07, 6.45) is 9.86. The minimum Gasteiger partial charge on any atom is -0.354 e. The van der Waals surface area contributed by atoms with Gasteiger partial charge in [0.25, 0.3) is 5.91 Å². The molecule has 1 aliphatic rings. The van der Waals surface area contributed by atoms with E-state index in [0.717, 1.165) is 18.5 Å². The molecule has 0 fully saturated rings. The lowest BCUT2D eigenvalue weighted by molar-refractivity contribution is 0.102. The molecule has 2 N–H and O–H groups in total. The van der Waals surface area contributed by atoms with E-state index in [4.69, 9.17) is 11.6 Å². The number of hydrogen-bond donors (Lipinski definition) is 2. The Morgan fingerprint density at radius 3 is 2.92 bits per heavy atom. The van der Waals surface area contributed by atoms with Gasteiger partial charge in [-0.15, -0.1) is 0 Å². The van der Waals surface area contributed by atoms with Crippen LogP contribution in [0.15, 0.2) is 42.1 Å². The quantitative estimate of drug-likeness (QED) is 0.702. The average Bonchev–Trinajstić information content (AvgIpc) is 2.66. The van der Waals surface area contributed by atoms with E-state index in [1.807, 2.05) is 19.1 Å². The molecule has 0 saturated carbocycles. The Morgan fingerprint density at radius 2 is 2.15 bits per heavy atom. The second-order valence-electron chi connectivity index (χ2n) is 6.47. The second kappa shape index (κ2) is 8.81. The summed E-state index contributed by atoms with van der Waals surface area (Å²) in [7, 11) is 0. The topological polar surface area (TPSA) is 66.9 Å². The van der Waals surface area contributed by atoms with Gasteiger partial charge in [-0.1, -0.05) is 29.3 Å². The van der Waals surface area contributed by atoms with Crippen LogP contribution in [0.1, 0.15) is 48.2 Å². The van der Waals surface area contributed by atoms with Crippen molar-refractivity contribution in [1.82, 2.24) is 9.97 Å². The number of amides is 1. The van der Waals surface area contributed by atoms with Gasteiger partial charge in [-0.3, -0.25) is 4.79 Å². The Hall–Kier alpha value is -2.40. The van der Waals surface area contributed by atoms with Crippen molar-refractivity contribution in [3.8, 4) is 0 Å². The van der Waals surface area contributed by atoms with Crippen LogP contribution < -0.4 is 10.6 Å². The lowest BCUT2D eigenvalue weighted by Crippen LogP contribution is -2.16. The van der Waals surface area contributed by atoms with Crippen LogP contribution in [0.3, 0.4) is 0 Å². The molecule has 1 aromatic carbocycles. The number of carbonyl (C=O) groups is 1. The fourth-order valence-electron chi connectivity index (χ4n) is 2.90. The monoisotopic (exact) mass is 370 g/mol. The van der Waals surface area contributed by atoms with Crippen molar-refractivity contribution in [2.75, 3.05) is 17.2 Å². The summed E-state index contributed by atoms with van der Waals surface area (Å²) >= 11 is 6.10. The highest BCUT2D eigenvalue weighted by molar-refractivity contribution is 6.31. The van der Waals surface area contributed by atoms with Gasteiger partial charge in [-0.05, 0) is 62.8 Å². The van der Waals surface area contributed by atoms with Crippen molar-refractivity contribution < 1.29 is 4.79 Å². The zero-order valence-electron chi connectivity index (χ0n) is 14.9. The van der Waals surface area contributed by atoms with E-state index < -0.39 is 0 Å². The number of carbonyl (C=O) groups excluding carboxylic acids is 1. The molecular weight excluding hydrogens is 348 g/mol. The van der Waals surface area contributed by atoms with Crippen molar-refractivity contribution >= 4 is 29.1 Å². The van der Waals surface area contributed by atoms with Crippen LogP contribution in [0.5, 0.6) is 0 Å². The molecule has 26 heavy (non-hydrogen) atoms. The molecule has 136 valence electrons. The largest absolute Gasteiger partial charge is 0.354 e. The third-order valence-corrected chi connectivity index (χ3v) is 4.84. The molecular formula is C20H23ClN4O. The van der Waals surface area contributed by atoms with E-state index in [0.29, 0.717) is 22.4 Å². The van der Waals surface area contributed by atoms with Gasteiger partial charge in [0, 0.05) is 23.5 Å². The SMILES string of the molecule is Cc1ccc(NC(=O)c2ccnc(NCCC3=CCCCC3)n2)cc1Cl. The molecule has 1 aliphatic carbocycles. The van der Waals surface area contributed by atoms with E-state index in [2.05, 4.69) is 26.7 Å². The molecule has 0 spiro atoms. The first-order chi connectivity index (χ1) is 12.6. The normalized spacial score (nSPS) is 13.8. The molecule has 3 rings (SSSR count). The molecule has 0 unspecified atom stereocenters. The fourth-order valence-corrected chi connectivity index (χ4v) is 3.08. The number of nitrogens with zero attached hydrogens (tertiary/aromatic N) is 2. The molecule has 5 nitrogen and oxygen atoms in total. The molecule has 0 radical (unpaired) electrons. The fraction of sp³-hybridized carbons (Fsp3) is 0.350. The van der Waals surface area contributed by atoms with Crippen LogP contribution in [-0.4, -0.2) is 22.4 Å². The molecule has 6 heteroatoms. The highest BCUT2D eigenvalue weighted by atomic mass is 35.5. The van der Waals surface area contributed by atoms with E-state index in [-0.39, 0.29) is 5.91 Å². The molecule has 0 saturated heterocycles. The highest BCUT2D eigenvalue weighted by Crippen LogP contribution is 2.21. The number of nitrogens with one attached hydrogen (secondary N) is 2. The Morgan fingerprint density at radius 1 is 1.27 bits per heavy atom. The first-order valence-electron chi connectivity index (χ1n) is 8.94. The molecule has 1 heterocycles. The van der Waals surface area contributed by atoms with Crippen molar-refractivity contribution in [3.63, 3.8) is 0 Å². The molecule has 0 bridgehead atoms. The standard InChI is InChI=1S/C20H23ClN4O/c1-14-7-8-16(13-17(14)21)24-19(26)18-10-12-23-20(25-18)22-11-9-15-5-3-2-4-6-15/h5,7-8,10,12-13H,2-4,6,9,11H2,1H3,(H,24,26)(H,22,23,25). The number of aromatic nitrogens is 2. The zero-order chi connectivity index (χ0) is 18.4. The number of halogens is 1. The highest BCUT2D eigenvalue weighted by Gasteiger charge is 2.10. The van der Waals surface area contributed by atoms with Crippen LogP contribution in [0.25, 0.3) is 0 Å². The smallest absolute Gasteiger partial charge is 0.274 e. The van der Waals surface area contributed by atoms with Gasteiger partial charge in [0.15, 0.2) is 0 Å². The average molecular weight is 371 g/mol. The van der Waals surface area contributed by atoms with Gasteiger partial charge < -0.3 is 10.6 Å². The van der Waals surface area contributed by atoms with Gasteiger partial charge in [-0.25, -0.2) is 9.97 Å². The summed E-state index contributed by atoms with van der Waals surface area (Å²) in [6, 6.07) is 7.01. The number of allylic oxidation sites excluding steroid dienone is 1. The Bertz CT molecular complexity index is 819. The van der Waals surface area contributed by atoms with Crippen LogP contribution >= 0.6 is 11.6 Å². The lowest BCUT2D eigenvalue weighted by Gasteiger charge is -2.13. The van der Waals surface area contributed by atoms with Gasteiger partial charge in [0.05, 0.1) is 0 Å². The summed E-state index contributed by atoms with van der Waals surface area (Å²) in [5.41, 5.74) is 3.42. The first kappa shape index (κ1) is 18.4. The summed E-state index contributed by atoms with van der Waals surface area (Å²) in [4.78, 5) is 20.9. The predicted octanol–water partition coefficient (Wildman–Crippen LogP) is 4.99. The van der Waals surface area contributed by atoms with Gasteiger partial charge in [-0.2, -0.15) is 0 Å². The predicted molar refractivity (Wildman–Crippen MR) is 106 cm³/mol. The van der Waals surface area contributed by atoms with Crippen molar-refractivity contribution in [2.24, 2.45) is 0 Å².